The summed E-state index contributed by atoms with van der Waals surface area (Å²) in [5, 5.41) is 4.37. The molecule has 0 saturated heterocycles. The van der Waals surface area contributed by atoms with Gasteiger partial charge in [-0.25, -0.2) is 9.78 Å². The molecule has 0 aliphatic rings. The van der Waals surface area contributed by atoms with Gasteiger partial charge in [0.15, 0.2) is 12.4 Å². The van der Waals surface area contributed by atoms with E-state index in [-0.39, 0.29) is 18.4 Å². The molecule has 0 unspecified atom stereocenters. The Balaban J connectivity index is 1.85. The number of hydrogen-bond donors (Lipinski definition) is 1. The van der Waals surface area contributed by atoms with E-state index >= 15 is 0 Å². The minimum atomic E-state index is -0.549. The molecule has 2 N–H and O–H groups in total. The topological polar surface area (TPSA) is 133 Å². The molecule has 0 radical (unpaired) electrons. The Kier molecular flexibility index (Phi) is 4.17. The van der Waals surface area contributed by atoms with Gasteiger partial charge in [0, 0.05) is 19.8 Å². The van der Waals surface area contributed by atoms with Crippen LogP contribution in [-0.4, -0.2) is 45.2 Å². The van der Waals surface area contributed by atoms with E-state index in [0.29, 0.717) is 34.0 Å². The Labute approximate surface area is 143 Å². The zero-order valence-corrected chi connectivity index (χ0v) is 14.3. The maximum Gasteiger partial charge on any atom is 0.339 e. The molecule has 3 aromatic rings. The van der Waals surface area contributed by atoms with E-state index in [4.69, 9.17) is 15.0 Å². The third-order valence-electron chi connectivity index (χ3n) is 3.38. The van der Waals surface area contributed by atoms with Crippen LogP contribution in [0.25, 0.3) is 11.1 Å². The highest BCUT2D eigenvalue weighted by molar-refractivity contribution is 6.03. The largest absolute Gasteiger partial charge is 0.454 e. The molecular formula is C15H17N7O3. The van der Waals surface area contributed by atoms with Crippen LogP contribution >= 0.6 is 0 Å². The highest BCUT2D eigenvalue weighted by Gasteiger charge is 2.19. The first kappa shape index (κ1) is 16.6. The van der Waals surface area contributed by atoms with Crippen LogP contribution in [0.15, 0.2) is 10.6 Å². The normalized spacial score (nSPS) is 10.9. The van der Waals surface area contributed by atoms with Gasteiger partial charge in [-0.05, 0) is 19.9 Å². The van der Waals surface area contributed by atoms with E-state index in [0.717, 1.165) is 0 Å². The first-order chi connectivity index (χ1) is 11.8. The number of pyridine rings is 1. The van der Waals surface area contributed by atoms with E-state index in [1.165, 1.54) is 0 Å². The SMILES string of the molecule is Cc1cc(C(=O)OCc2nc(N)nc(N(C)C)n2)c2c(C)noc2n1. The maximum atomic E-state index is 12.5. The van der Waals surface area contributed by atoms with Crippen LogP contribution in [0.5, 0.6) is 0 Å². The highest BCUT2D eigenvalue weighted by Crippen LogP contribution is 2.22. The molecule has 0 aromatic carbocycles. The van der Waals surface area contributed by atoms with E-state index in [2.05, 4.69) is 25.1 Å². The van der Waals surface area contributed by atoms with Crippen molar-refractivity contribution in [2.24, 2.45) is 0 Å². The van der Waals surface area contributed by atoms with Gasteiger partial charge in [-0.2, -0.15) is 15.0 Å². The summed E-state index contributed by atoms with van der Waals surface area (Å²) < 4.78 is 10.4. The van der Waals surface area contributed by atoms with Gasteiger partial charge >= 0.3 is 5.97 Å². The Hall–Kier alpha value is -3.30. The first-order valence-corrected chi connectivity index (χ1v) is 7.43. The molecule has 0 aliphatic heterocycles. The lowest BCUT2D eigenvalue weighted by atomic mass is 10.1. The molecular weight excluding hydrogens is 326 g/mol. The summed E-state index contributed by atoms with van der Waals surface area (Å²) in [6, 6.07) is 1.63. The number of nitrogens with zero attached hydrogens (tertiary/aromatic N) is 6. The van der Waals surface area contributed by atoms with Crippen molar-refractivity contribution in [2.75, 3.05) is 24.7 Å². The Morgan fingerprint density at radius 2 is 2.00 bits per heavy atom. The number of rotatable bonds is 4. The molecule has 130 valence electrons. The minimum Gasteiger partial charge on any atom is -0.454 e. The molecule has 0 bridgehead atoms. The number of carbonyl (C=O) groups excluding carboxylic acids is 1. The molecule has 10 nitrogen and oxygen atoms in total. The summed E-state index contributed by atoms with van der Waals surface area (Å²) in [6.45, 7) is 3.35. The highest BCUT2D eigenvalue weighted by atomic mass is 16.5. The zero-order chi connectivity index (χ0) is 18.1. The second kappa shape index (κ2) is 6.30. The van der Waals surface area contributed by atoms with Crippen molar-refractivity contribution in [1.82, 2.24) is 25.1 Å². The Morgan fingerprint density at radius 3 is 2.72 bits per heavy atom. The molecule has 10 heteroatoms. The monoisotopic (exact) mass is 343 g/mol. The van der Waals surface area contributed by atoms with Crippen molar-refractivity contribution in [1.29, 1.82) is 0 Å². The van der Waals surface area contributed by atoms with Crippen LogP contribution in [0.1, 0.15) is 27.6 Å². The third-order valence-corrected chi connectivity index (χ3v) is 3.38. The summed E-state index contributed by atoms with van der Waals surface area (Å²) in [5.41, 5.74) is 7.47. The number of aromatic nitrogens is 5. The lowest BCUT2D eigenvalue weighted by molar-refractivity contribution is 0.0464. The maximum absolute atomic E-state index is 12.5. The van der Waals surface area contributed by atoms with Crippen LogP contribution in [0.3, 0.4) is 0 Å². The smallest absolute Gasteiger partial charge is 0.339 e. The van der Waals surface area contributed by atoms with E-state index in [1.54, 1.807) is 38.9 Å². The standard InChI is InChI=1S/C15H17N7O3/c1-7-5-9(11-8(2)21-25-12(11)17-7)13(23)24-6-10-18-14(16)20-15(19-10)22(3)4/h5H,6H2,1-4H3,(H2,16,18,19,20). The van der Waals surface area contributed by atoms with Crippen molar-refractivity contribution >= 4 is 29.0 Å². The van der Waals surface area contributed by atoms with Gasteiger partial charge in [0.1, 0.15) is 0 Å². The number of nitrogens with two attached hydrogens (primary N) is 1. The van der Waals surface area contributed by atoms with E-state index in [1.807, 2.05) is 0 Å². The number of ether oxygens (including phenoxy) is 1. The average Bonchev–Trinajstić information content (AvgIpc) is 2.92. The van der Waals surface area contributed by atoms with Gasteiger partial charge in [0.25, 0.3) is 5.71 Å². The van der Waals surface area contributed by atoms with Gasteiger partial charge in [-0.1, -0.05) is 5.16 Å². The minimum absolute atomic E-state index is 0.0572. The third kappa shape index (κ3) is 3.32. The van der Waals surface area contributed by atoms with E-state index < -0.39 is 5.97 Å². The molecule has 25 heavy (non-hydrogen) atoms. The Morgan fingerprint density at radius 1 is 1.24 bits per heavy atom. The van der Waals surface area contributed by atoms with Crippen molar-refractivity contribution in [3.05, 3.63) is 28.8 Å². The number of anilines is 2. The molecule has 0 atom stereocenters. The number of nitrogen functional groups attached to an aromatic ring is 1. The average molecular weight is 343 g/mol. The second-order valence-corrected chi connectivity index (χ2v) is 5.64. The van der Waals surface area contributed by atoms with Gasteiger partial charge in [0.05, 0.1) is 16.6 Å². The zero-order valence-electron chi connectivity index (χ0n) is 14.3. The van der Waals surface area contributed by atoms with Gasteiger partial charge < -0.3 is 19.9 Å². The molecule has 3 heterocycles. The lowest BCUT2D eigenvalue weighted by Gasteiger charge is -2.11. The van der Waals surface area contributed by atoms with Crippen molar-refractivity contribution in [2.45, 2.75) is 20.5 Å². The molecule has 0 aliphatic carbocycles. The summed E-state index contributed by atoms with van der Waals surface area (Å²) >= 11 is 0. The van der Waals surface area contributed by atoms with Crippen LogP contribution in [0.2, 0.25) is 0 Å². The molecule has 0 spiro atoms. The molecule has 0 saturated carbocycles. The quantitative estimate of drug-likeness (QED) is 0.684. The van der Waals surface area contributed by atoms with E-state index in [9.17, 15) is 4.79 Å². The fourth-order valence-electron chi connectivity index (χ4n) is 2.28. The molecule has 0 amide bonds. The molecule has 0 fully saturated rings. The summed E-state index contributed by atoms with van der Waals surface area (Å²) in [6.07, 6.45) is 0. The Bertz CT molecular complexity index is 952. The number of aryl methyl sites for hydroxylation is 2. The van der Waals surface area contributed by atoms with Gasteiger partial charge in [-0.3, -0.25) is 0 Å². The number of fused-ring (bicyclic) bond motifs is 1. The number of carbonyl (C=O) groups is 1. The summed E-state index contributed by atoms with van der Waals surface area (Å²) in [5.74, 6) is 0.151. The van der Waals surface area contributed by atoms with Crippen molar-refractivity contribution < 1.29 is 14.1 Å². The summed E-state index contributed by atoms with van der Waals surface area (Å²) in [4.78, 5) is 30.5. The molecule has 3 rings (SSSR count). The van der Waals surface area contributed by atoms with Crippen molar-refractivity contribution in [3.8, 4) is 0 Å². The summed E-state index contributed by atoms with van der Waals surface area (Å²) in [7, 11) is 3.55. The first-order valence-electron chi connectivity index (χ1n) is 7.43. The lowest BCUT2D eigenvalue weighted by Crippen LogP contribution is -2.17. The van der Waals surface area contributed by atoms with Gasteiger partial charge in [-0.15, -0.1) is 0 Å². The fourth-order valence-corrected chi connectivity index (χ4v) is 2.28. The van der Waals surface area contributed by atoms with Gasteiger partial charge in [0.2, 0.25) is 11.9 Å². The number of esters is 1. The second-order valence-electron chi connectivity index (χ2n) is 5.64. The van der Waals surface area contributed by atoms with Crippen LogP contribution in [0, 0.1) is 13.8 Å². The fraction of sp³-hybridized carbons (Fsp3) is 0.333. The predicted octanol–water partition coefficient (Wildman–Crippen LogP) is 1.03. The molecule has 3 aromatic heterocycles. The number of hydrogen-bond acceptors (Lipinski definition) is 10. The van der Waals surface area contributed by atoms with Crippen molar-refractivity contribution in [3.63, 3.8) is 0 Å². The van der Waals surface area contributed by atoms with Crippen LogP contribution in [-0.2, 0) is 11.3 Å². The predicted molar refractivity (Wildman–Crippen MR) is 89.0 cm³/mol. The van der Waals surface area contributed by atoms with Crippen LogP contribution in [0.4, 0.5) is 11.9 Å². The van der Waals surface area contributed by atoms with Crippen LogP contribution < -0.4 is 10.6 Å².